The molecule has 1 aliphatic rings. The number of nitrogens with zero attached hydrogens (tertiary/aromatic N) is 2. The van der Waals surface area contributed by atoms with E-state index in [1.54, 1.807) is 0 Å². The number of hydrogen-bond donors (Lipinski definition) is 1. The molecule has 0 amide bonds. The summed E-state index contributed by atoms with van der Waals surface area (Å²) < 4.78 is 0. The average Bonchev–Trinajstić information content (AvgIpc) is 2.50. The lowest BCUT2D eigenvalue weighted by Gasteiger charge is -2.34. The van der Waals surface area contributed by atoms with Crippen LogP contribution in [-0.4, -0.2) is 60.8 Å². The Hall–Kier alpha value is -0.380. The zero-order chi connectivity index (χ0) is 9.90. The molecule has 1 heterocycles. The van der Waals surface area contributed by atoms with Crippen LogP contribution in [0.1, 0.15) is 6.42 Å². The van der Waals surface area contributed by atoms with E-state index >= 15 is 0 Å². The molecule has 0 saturated carbocycles. The van der Waals surface area contributed by atoms with Gasteiger partial charge in [-0.25, -0.2) is 0 Å². The topological polar surface area (TPSA) is 26.7 Å². The fourth-order valence-electron chi connectivity index (χ4n) is 1.91. The van der Waals surface area contributed by atoms with Gasteiger partial charge in [0.2, 0.25) is 0 Å². The van der Waals surface area contributed by atoms with E-state index in [1.807, 2.05) is 20.2 Å². The summed E-state index contributed by atoms with van der Waals surface area (Å²) in [5.74, 6) is 0. The van der Waals surface area contributed by atoms with Gasteiger partial charge in [0, 0.05) is 19.6 Å². The van der Waals surface area contributed by atoms with Gasteiger partial charge in [0.05, 0.1) is 12.1 Å². The summed E-state index contributed by atoms with van der Waals surface area (Å²) in [5.41, 5.74) is -0.0248. The normalized spacial score (nSPS) is 29.8. The fraction of sp³-hybridized carbons (Fsp3) is 0.800. The third-order valence-electron chi connectivity index (χ3n) is 3.04. The SMILES string of the molecule is C=CCN1CCC(CO)(N(C)C)C1. The summed E-state index contributed by atoms with van der Waals surface area (Å²) in [5, 5.41) is 9.38. The van der Waals surface area contributed by atoms with Crippen LogP contribution in [0.4, 0.5) is 0 Å². The Morgan fingerprint density at radius 3 is 2.69 bits per heavy atom. The summed E-state index contributed by atoms with van der Waals surface area (Å²) in [7, 11) is 4.07. The van der Waals surface area contributed by atoms with Crippen LogP contribution in [0.25, 0.3) is 0 Å². The van der Waals surface area contributed by atoms with Crippen LogP contribution >= 0.6 is 0 Å². The summed E-state index contributed by atoms with van der Waals surface area (Å²) >= 11 is 0. The highest BCUT2D eigenvalue weighted by molar-refractivity contribution is 4.98. The quantitative estimate of drug-likeness (QED) is 0.631. The summed E-state index contributed by atoms with van der Waals surface area (Å²) in [6.45, 7) is 6.90. The van der Waals surface area contributed by atoms with E-state index in [0.29, 0.717) is 0 Å². The van der Waals surface area contributed by atoms with Gasteiger partial charge in [-0.2, -0.15) is 0 Å². The van der Waals surface area contributed by atoms with Crippen molar-refractivity contribution in [1.82, 2.24) is 9.80 Å². The molecule has 1 saturated heterocycles. The maximum Gasteiger partial charge on any atom is 0.0628 e. The van der Waals surface area contributed by atoms with Crippen molar-refractivity contribution in [3.63, 3.8) is 0 Å². The van der Waals surface area contributed by atoms with Crippen LogP contribution in [0.15, 0.2) is 12.7 Å². The Morgan fingerprint density at radius 1 is 1.62 bits per heavy atom. The highest BCUT2D eigenvalue weighted by Crippen LogP contribution is 2.25. The van der Waals surface area contributed by atoms with Gasteiger partial charge in [-0.05, 0) is 20.5 Å². The van der Waals surface area contributed by atoms with E-state index in [2.05, 4.69) is 16.4 Å². The molecule has 0 spiro atoms. The molecule has 13 heavy (non-hydrogen) atoms. The third kappa shape index (κ3) is 2.10. The van der Waals surface area contributed by atoms with E-state index in [-0.39, 0.29) is 12.1 Å². The molecule has 1 aliphatic heterocycles. The second kappa shape index (κ2) is 4.22. The van der Waals surface area contributed by atoms with Gasteiger partial charge in [-0.1, -0.05) is 6.08 Å². The van der Waals surface area contributed by atoms with Gasteiger partial charge in [0.1, 0.15) is 0 Å². The fourth-order valence-corrected chi connectivity index (χ4v) is 1.91. The van der Waals surface area contributed by atoms with Crippen molar-refractivity contribution in [3.8, 4) is 0 Å². The van der Waals surface area contributed by atoms with Crippen molar-refractivity contribution in [2.24, 2.45) is 0 Å². The first-order valence-electron chi connectivity index (χ1n) is 4.76. The predicted octanol–water partition coefficient (Wildman–Crippen LogP) is 0.171. The Bertz CT molecular complexity index is 182. The van der Waals surface area contributed by atoms with Gasteiger partial charge in [-0.3, -0.25) is 4.90 Å². The highest BCUT2D eigenvalue weighted by Gasteiger charge is 2.38. The van der Waals surface area contributed by atoms with Gasteiger partial charge in [0.15, 0.2) is 0 Å². The second-order valence-electron chi connectivity index (χ2n) is 4.05. The Labute approximate surface area is 80.6 Å². The Kier molecular flexibility index (Phi) is 3.47. The zero-order valence-electron chi connectivity index (χ0n) is 8.66. The van der Waals surface area contributed by atoms with Gasteiger partial charge in [0.25, 0.3) is 0 Å². The number of likely N-dealkylation sites (N-methyl/N-ethyl adjacent to an activating group) is 1. The number of aliphatic hydroxyl groups is 1. The lowest BCUT2D eigenvalue weighted by Crippen LogP contribution is -2.49. The van der Waals surface area contributed by atoms with Crippen LogP contribution in [-0.2, 0) is 0 Å². The Balaban J connectivity index is 2.57. The van der Waals surface area contributed by atoms with Crippen molar-refractivity contribution in [2.45, 2.75) is 12.0 Å². The Morgan fingerprint density at radius 2 is 2.31 bits per heavy atom. The lowest BCUT2D eigenvalue weighted by atomic mass is 9.99. The van der Waals surface area contributed by atoms with Crippen molar-refractivity contribution in [1.29, 1.82) is 0 Å². The number of likely N-dealkylation sites (tertiary alicyclic amines) is 1. The van der Waals surface area contributed by atoms with Crippen LogP contribution < -0.4 is 0 Å². The van der Waals surface area contributed by atoms with Crippen LogP contribution in [0.5, 0.6) is 0 Å². The van der Waals surface area contributed by atoms with E-state index in [4.69, 9.17) is 0 Å². The van der Waals surface area contributed by atoms with Crippen molar-refractivity contribution in [2.75, 3.05) is 40.3 Å². The van der Waals surface area contributed by atoms with E-state index in [9.17, 15) is 5.11 Å². The van der Waals surface area contributed by atoms with Crippen molar-refractivity contribution in [3.05, 3.63) is 12.7 Å². The molecule has 0 aromatic rings. The largest absolute Gasteiger partial charge is 0.394 e. The molecule has 1 unspecified atom stereocenters. The molecule has 1 rings (SSSR count). The van der Waals surface area contributed by atoms with Crippen molar-refractivity contribution >= 4 is 0 Å². The molecule has 1 atom stereocenters. The molecule has 0 aromatic carbocycles. The number of aliphatic hydroxyl groups excluding tert-OH is 1. The van der Waals surface area contributed by atoms with Crippen LogP contribution in [0.3, 0.4) is 0 Å². The van der Waals surface area contributed by atoms with Crippen molar-refractivity contribution < 1.29 is 5.11 Å². The number of hydrogen-bond acceptors (Lipinski definition) is 3. The molecule has 76 valence electrons. The first-order chi connectivity index (χ1) is 6.14. The standard InChI is InChI=1S/C10H20N2O/c1-4-6-12-7-5-10(8-12,9-13)11(2)3/h4,13H,1,5-9H2,2-3H3. The summed E-state index contributed by atoms with van der Waals surface area (Å²) in [4.78, 5) is 4.46. The van der Waals surface area contributed by atoms with E-state index in [1.165, 1.54) is 0 Å². The second-order valence-corrected chi connectivity index (χ2v) is 4.05. The molecule has 1 fully saturated rings. The first kappa shape index (κ1) is 10.7. The van der Waals surface area contributed by atoms with Crippen LogP contribution in [0, 0.1) is 0 Å². The zero-order valence-corrected chi connectivity index (χ0v) is 8.66. The minimum atomic E-state index is -0.0248. The van der Waals surface area contributed by atoms with Gasteiger partial charge >= 0.3 is 0 Å². The minimum Gasteiger partial charge on any atom is -0.394 e. The maximum absolute atomic E-state index is 9.38. The monoisotopic (exact) mass is 184 g/mol. The third-order valence-corrected chi connectivity index (χ3v) is 3.04. The molecule has 3 heteroatoms. The first-order valence-corrected chi connectivity index (χ1v) is 4.76. The van der Waals surface area contributed by atoms with E-state index in [0.717, 1.165) is 26.1 Å². The molecule has 3 nitrogen and oxygen atoms in total. The predicted molar refractivity (Wildman–Crippen MR) is 54.8 cm³/mol. The molecular formula is C10H20N2O. The van der Waals surface area contributed by atoms with Gasteiger partial charge < -0.3 is 10.0 Å². The molecule has 1 N–H and O–H groups in total. The smallest absolute Gasteiger partial charge is 0.0628 e. The van der Waals surface area contributed by atoms with Crippen LogP contribution in [0.2, 0.25) is 0 Å². The lowest BCUT2D eigenvalue weighted by molar-refractivity contribution is 0.0756. The maximum atomic E-state index is 9.38. The average molecular weight is 184 g/mol. The highest BCUT2D eigenvalue weighted by atomic mass is 16.3. The molecule has 0 aromatic heterocycles. The van der Waals surface area contributed by atoms with E-state index < -0.39 is 0 Å². The van der Waals surface area contributed by atoms with Gasteiger partial charge in [-0.15, -0.1) is 6.58 Å². The number of rotatable bonds is 4. The minimum absolute atomic E-state index is 0.0248. The molecule has 0 radical (unpaired) electrons. The summed E-state index contributed by atoms with van der Waals surface area (Å²) in [6.07, 6.45) is 2.97. The summed E-state index contributed by atoms with van der Waals surface area (Å²) in [6, 6.07) is 0. The molecule has 0 bridgehead atoms. The molecular weight excluding hydrogens is 164 g/mol. The molecule has 0 aliphatic carbocycles.